The number of hydrogen-bond acceptors (Lipinski definition) is 5. The van der Waals surface area contributed by atoms with Gasteiger partial charge in [0.25, 0.3) is 0 Å². The number of nitrogens with two attached hydrogens (primary N) is 1. The predicted molar refractivity (Wildman–Crippen MR) is 82.6 cm³/mol. The minimum atomic E-state index is 0.300. The van der Waals surface area contributed by atoms with Gasteiger partial charge in [-0.1, -0.05) is 16.8 Å². The van der Waals surface area contributed by atoms with E-state index in [2.05, 4.69) is 10.3 Å². The molecule has 1 aromatic carbocycles. The average molecular weight is 319 g/mol. The summed E-state index contributed by atoms with van der Waals surface area (Å²) < 4.78 is 12.8. The summed E-state index contributed by atoms with van der Waals surface area (Å²) in [6.45, 7) is 1.28. The Kier molecular flexibility index (Phi) is 4.41. The van der Waals surface area contributed by atoms with E-state index in [-0.39, 0.29) is 0 Å². The van der Waals surface area contributed by atoms with Gasteiger partial charge in [-0.05, 0) is 36.4 Å². The Morgan fingerprint density at radius 1 is 1.23 bits per heavy atom. The van der Waals surface area contributed by atoms with Crippen molar-refractivity contribution in [1.82, 2.24) is 15.0 Å². The number of furan rings is 1. The van der Waals surface area contributed by atoms with Gasteiger partial charge in [0, 0.05) is 11.6 Å². The number of nitrogens with zero attached hydrogens (tertiary/aromatic N) is 3. The molecule has 0 aliphatic heterocycles. The van der Waals surface area contributed by atoms with Crippen LogP contribution in [0.2, 0.25) is 5.02 Å². The first-order valence-electron chi connectivity index (χ1n) is 6.82. The normalized spacial score (nSPS) is 10.8. The van der Waals surface area contributed by atoms with Crippen LogP contribution in [-0.4, -0.2) is 21.6 Å². The molecule has 0 aliphatic rings. The van der Waals surface area contributed by atoms with E-state index in [1.807, 2.05) is 24.3 Å². The second kappa shape index (κ2) is 6.64. The molecule has 3 aromatic rings. The fraction of sp³-hybridized carbons (Fsp3) is 0.200. The van der Waals surface area contributed by atoms with Crippen molar-refractivity contribution in [2.75, 3.05) is 6.61 Å². The van der Waals surface area contributed by atoms with Crippen LogP contribution in [0.5, 0.6) is 5.75 Å². The van der Waals surface area contributed by atoms with Gasteiger partial charge in [0.2, 0.25) is 0 Å². The first-order valence-corrected chi connectivity index (χ1v) is 7.20. The summed E-state index contributed by atoms with van der Waals surface area (Å²) in [6, 6.07) is 10.9. The zero-order valence-corrected chi connectivity index (χ0v) is 12.5. The van der Waals surface area contributed by atoms with Gasteiger partial charge < -0.3 is 14.9 Å². The summed E-state index contributed by atoms with van der Waals surface area (Å²) in [5.74, 6) is 1.44. The molecule has 0 aliphatic carbocycles. The molecule has 3 rings (SSSR count). The Hall–Kier alpha value is -2.31. The van der Waals surface area contributed by atoms with E-state index in [9.17, 15) is 0 Å². The maximum Gasteiger partial charge on any atom is 0.153 e. The van der Waals surface area contributed by atoms with Crippen molar-refractivity contribution in [3.05, 3.63) is 53.4 Å². The highest BCUT2D eigenvalue weighted by molar-refractivity contribution is 6.30. The van der Waals surface area contributed by atoms with Gasteiger partial charge in [0.1, 0.15) is 23.7 Å². The SMILES string of the molecule is NCc1nnn(CCOc2ccc(Cl)cc2)c1-c1ccco1. The molecule has 0 unspecified atom stereocenters. The van der Waals surface area contributed by atoms with E-state index in [1.165, 1.54) is 0 Å². The monoisotopic (exact) mass is 318 g/mol. The molecule has 7 heteroatoms. The van der Waals surface area contributed by atoms with Gasteiger partial charge in [-0.25, -0.2) is 4.68 Å². The molecular formula is C15H15ClN4O2. The van der Waals surface area contributed by atoms with Crippen LogP contribution in [-0.2, 0) is 13.1 Å². The third-order valence-corrected chi connectivity index (χ3v) is 3.39. The second-order valence-corrected chi connectivity index (χ2v) is 5.03. The van der Waals surface area contributed by atoms with Crippen molar-refractivity contribution < 1.29 is 9.15 Å². The Morgan fingerprint density at radius 3 is 2.73 bits per heavy atom. The molecule has 0 fully saturated rings. The van der Waals surface area contributed by atoms with Crippen LogP contribution in [0.15, 0.2) is 47.1 Å². The van der Waals surface area contributed by atoms with Crippen LogP contribution in [0.4, 0.5) is 0 Å². The molecule has 0 atom stereocenters. The molecular weight excluding hydrogens is 304 g/mol. The zero-order valence-electron chi connectivity index (χ0n) is 11.8. The van der Waals surface area contributed by atoms with Crippen LogP contribution in [0.3, 0.4) is 0 Å². The molecule has 114 valence electrons. The summed E-state index contributed by atoms with van der Waals surface area (Å²) in [4.78, 5) is 0. The Bertz CT molecular complexity index is 723. The molecule has 2 heterocycles. The summed E-state index contributed by atoms with van der Waals surface area (Å²) in [7, 11) is 0. The lowest BCUT2D eigenvalue weighted by atomic mass is 10.2. The molecule has 0 radical (unpaired) electrons. The van der Waals surface area contributed by atoms with E-state index < -0.39 is 0 Å². The van der Waals surface area contributed by atoms with Gasteiger partial charge >= 0.3 is 0 Å². The van der Waals surface area contributed by atoms with Gasteiger partial charge in [0.15, 0.2) is 5.76 Å². The first-order chi connectivity index (χ1) is 10.8. The summed E-state index contributed by atoms with van der Waals surface area (Å²) in [5.41, 5.74) is 7.18. The molecule has 0 saturated heterocycles. The molecule has 0 spiro atoms. The lowest BCUT2D eigenvalue weighted by molar-refractivity contribution is 0.290. The van der Waals surface area contributed by atoms with Crippen LogP contribution in [0.1, 0.15) is 5.69 Å². The molecule has 2 aromatic heterocycles. The fourth-order valence-corrected chi connectivity index (χ4v) is 2.23. The number of ether oxygens (including phenoxy) is 1. The Labute approximate surface area is 132 Å². The first kappa shape index (κ1) is 14.6. The van der Waals surface area contributed by atoms with Crippen molar-refractivity contribution in [3.63, 3.8) is 0 Å². The summed E-state index contributed by atoms with van der Waals surface area (Å²) in [6.07, 6.45) is 1.61. The maximum absolute atomic E-state index is 5.84. The highest BCUT2D eigenvalue weighted by atomic mass is 35.5. The largest absolute Gasteiger partial charge is 0.492 e. The molecule has 0 amide bonds. The highest BCUT2D eigenvalue weighted by Gasteiger charge is 2.16. The fourth-order valence-electron chi connectivity index (χ4n) is 2.11. The summed E-state index contributed by atoms with van der Waals surface area (Å²) in [5, 5.41) is 8.87. The topological polar surface area (TPSA) is 79.1 Å². The minimum absolute atomic E-state index is 0.300. The van der Waals surface area contributed by atoms with E-state index in [1.54, 1.807) is 23.1 Å². The second-order valence-electron chi connectivity index (χ2n) is 4.59. The molecule has 0 bridgehead atoms. The van der Waals surface area contributed by atoms with Crippen molar-refractivity contribution in [2.24, 2.45) is 5.73 Å². The lowest BCUT2D eigenvalue weighted by Crippen LogP contribution is -2.11. The van der Waals surface area contributed by atoms with Crippen LogP contribution >= 0.6 is 11.6 Å². The highest BCUT2D eigenvalue weighted by Crippen LogP contribution is 2.22. The third-order valence-electron chi connectivity index (χ3n) is 3.14. The molecule has 22 heavy (non-hydrogen) atoms. The van der Waals surface area contributed by atoms with Crippen molar-refractivity contribution in [3.8, 4) is 17.2 Å². The standard InChI is InChI=1S/C15H15ClN4O2/c16-11-3-5-12(6-4-11)21-9-7-20-15(13(10-17)18-19-20)14-2-1-8-22-14/h1-6,8H,7,9-10,17H2. The number of halogens is 1. The van der Waals surface area contributed by atoms with Gasteiger partial charge in [-0.2, -0.15) is 0 Å². The Balaban J connectivity index is 1.70. The number of benzene rings is 1. The van der Waals surface area contributed by atoms with Crippen LogP contribution < -0.4 is 10.5 Å². The van der Waals surface area contributed by atoms with Crippen molar-refractivity contribution in [1.29, 1.82) is 0 Å². The number of aromatic nitrogens is 3. The third kappa shape index (κ3) is 3.13. The predicted octanol–water partition coefficient (Wildman–Crippen LogP) is 2.73. The van der Waals surface area contributed by atoms with Gasteiger partial charge in [-0.3, -0.25) is 0 Å². The van der Waals surface area contributed by atoms with Gasteiger partial charge in [-0.15, -0.1) is 5.10 Å². The smallest absolute Gasteiger partial charge is 0.153 e. The minimum Gasteiger partial charge on any atom is -0.492 e. The summed E-state index contributed by atoms with van der Waals surface area (Å²) >= 11 is 5.84. The molecule has 0 saturated carbocycles. The van der Waals surface area contributed by atoms with Crippen LogP contribution in [0, 0.1) is 0 Å². The van der Waals surface area contributed by atoms with E-state index in [0.717, 1.165) is 11.4 Å². The van der Waals surface area contributed by atoms with Crippen molar-refractivity contribution in [2.45, 2.75) is 13.1 Å². The van der Waals surface area contributed by atoms with E-state index in [4.69, 9.17) is 26.5 Å². The van der Waals surface area contributed by atoms with Gasteiger partial charge in [0.05, 0.1) is 12.8 Å². The maximum atomic E-state index is 5.84. The quantitative estimate of drug-likeness (QED) is 0.756. The Morgan fingerprint density at radius 2 is 2.05 bits per heavy atom. The number of hydrogen-bond donors (Lipinski definition) is 1. The van der Waals surface area contributed by atoms with Crippen LogP contribution in [0.25, 0.3) is 11.5 Å². The van der Waals surface area contributed by atoms with Crippen molar-refractivity contribution >= 4 is 11.6 Å². The lowest BCUT2D eigenvalue weighted by Gasteiger charge is -2.08. The molecule has 2 N–H and O–H groups in total. The van der Waals surface area contributed by atoms with E-state index >= 15 is 0 Å². The average Bonchev–Trinajstić information content (AvgIpc) is 3.17. The number of rotatable bonds is 6. The zero-order chi connectivity index (χ0) is 15.4. The van der Waals surface area contributed by atoms with E-state index in [0.29, 0.717) is 36.2 Å². The molecule has 6 nitrogen and oxygen atoms in total.